The van der Waals surface area contributed by atoms with Gasteiger partial charge in [0, 0.05) is 5.41 Å². The average Bonchev–Trinajstić information content (AvgIpc) is 2.61. The van der Waals surface area contributed by atoms with Crippen molar-refractivity contribution in [1.29, 1.82) is 10.5 Å². The number of benzene rings is 1. The highest BCUT2D eigenvalue weighted by Crippen LogP contribution is 2.44. The molecule has 0 bridgehead atoms. The Kier molecular flexibility index (Phi) is 5.37. The minimum absolute atomic E-state index is 0.0959. The number of piperidine rings is 1. The van der Waals surface area contributed by atoms with Crippen molar-refractivity contribution in [2.75, 3.05) is 11.9 Å². The number of anilines is 1. The van der Waals surface area contributed by atoms with Crippen LogP contribution in [0.3, 0.4) is 0 Å². The zero-order chi connectivity index (χ0) is 19.5. The first-order valence-corrected chi connectivity index (χ1v) is 7.99. The van der Waals surface area contributed by atoms with Crippen molar-refractivity contribution in [3.63, 3.8) is 0 Å². The van der Waals surface area contributed by atoms with Crippen LogP contribution in [-0.2, 0) is 14.4 Å². The lowest BCUT2D eigenvalue weighted by Crippen LogP contribution is -2.59. The van der Waals surface area contributed by atoms with Gasteiger partial charge in [-0.25, -0.2) is 4.39 Å². The highest BCUT2D eigenvalue weighted by molar-refractivity contribution is 6.07. The molecule has 7 nitrogen and oxygen atoms in total. The van der Waals surface area contributed by atoms with Crippen LogP contribution in [0.5, 0.6) is 0 Å². The van der Waals surface area contributed by atoms with Crippen LogP contribution in [0.15, 0.2) is 24.3 Å². The number of imide groups is 1. The van der Waals surface area contributed by atoms with E-state index in [2.05, 4.69) is 5.32 Å². The molecule has 134 valence electrons. The van der Waals surface area contributed by atoms with Crippen molar-refractivity contribution >= 4 is 23.4 Å². The molecule has 1 heterocycles. The number of carbonyl (C=O) groups is 3. The predicted octanol–water partition coefficient (Wildman–Crippen LogP) is 1.83. The summed E-state index contributed by atoms with van der Waals surface area (Å²) in [6.45, 7) is 2.54. The van der Waals surface area contributed by atoms with Gasteiger partial charge in [-0.05, 0) is 18.6 Å². The number of carbonyl (C=O) groups excluding carboxylic acids is 3. The van der Waals surface area contributed by atoms with Gasteiger partial charge < -0.3 is 5.32 Å². The standard InChI is InChI=1S/C18H17FN4O3/c1-3-18(2)11(8-20)16(25)23(17(26)12(18)9-21)10-15(24)22-14-7-5-4-6-13(14)19/h4-7,11-12H,3,10H2,1-2H3,(H,22,24). The lowest BCUT2D eigenvalue weighted by Gasteiger charge is -2.43. The lowest BCUT2D eigenvalue weighted by molar-refractivity contribution is -0.162. The summed E-state index contributed by atoms with van der Waals surface area (Å²) in [4.78, 5) is 37.9. The molecule has 2 unspecified atom stereocenters. The zero-order valence-electron chi connectivity index (χ0n) is 14.3. The Labute approximate surface area is 150 Å². The molecule has 0 saturated carbocycles. The average molecular weight is 356 g/mol. The molecule has 1 fully saturated rings. The Bertz CT molecular complexity index is 806. The third-order valence-corrected chi connectivity index (χ3v) is 4.81. The van der Waals surface area contributed by atoms with Gasteiger partial charge in [-0.15, -0.1) is 0 Å². The monoisotopic (exact) mass is 356 g/mol. The molecule has 8 heteroatoms. The van der Waals surface area contributed by atoms with E-state index in [9.17, 15) is 29.3 Å². The quantitative estimate of drug-likeness (QED) is 0.827. The predicted molar refractivity (Wildman–Crippen MR) is 88.4 cm³/mol. The van der Waals surface area contributed by atoms with Gasteiger partial charge in [-0.3, -0.25) is 19.3 Å². The first-order valence-electron chi connectivity index (χ1n) is 7.99. The van der Waals surface area contributed by atoms with E-state index in [1.54, 1.807) is 13.8 Å². The van der Waals surface area contributed by atoms with Gasteiger partial charge in [0.25, 0.3) is 0 Å². The Morgan fingerprint density at radius 3 is 2.23 bits per heavy atom. The molecule has 1 saturated heterocycles. The second-order valence-corrected chi connectivity index (χ2v) is 6.27. The van der Waals surface area contributed by atoms with E-state index >= 15 is 0 Å². The fourth-order valence-electron chi connectivity index (χ4n) is 3.02. The van der Waals surface area contributed by atoms with Crippen molar-refractivity contribution in [1.82, 2.24) is 4.90 Å². The summed E-state index contributed by atoms with van der Waals surface area (Å²) in [7, 11) is 0. The Morgan fingerprint density at radius 1 is 1.23 bits per heavy atom. The lowest BCUT2D eigenvalue weighted by atomic mass is 9.63. The number of rotatable bonds is 4. The van der Waals surface area contributed by atoms with Crippen molar-refractivity contribution in [2.24, 2.45) is 17.3 Å². The molecular weight excluding hydrogens is 339 g/mol. The smallest absolute Gasteiger partial charge is 0.247 e. The maximum atomic E-state index is 13.6. The number of hydrogen-bond donors (Lipinski definition) is 1. The molecule has 1 N–H and O–H groups in total. The number of halogens is 1. The van der Waals surface area contributed by atoms with E-state index in [0.29, 0.717) is 4.90 Å². The first kappa shape index (κ1) is 19.1. The minimum Gasteiger partial charge on any atom is -0.322 e. The van der Waals surface area contributed by atoms with Crippen LogP contribution in [0.25, 0.3) is 0 Å². The van der Waals surface area contributed by atoms with E-state index in [0.717, 1.165) is 6.07 Å². The van der Waals surface area contributed by atoms with Gasteiger partial charge in [0.15, 0.2) is 0 Å². The highest BCUT2D eigenvalue weighted by Gasteiger charge is 2.56. The zero-order valence-corrected chi connectivity index (χ0v) is 14.3. The summed E-state index contributed by atoms with van der Waals surface area (Å²) in [5.74, 6) is -5.56. The Hall–Kier alpha value is -3.26. The number of hydrogen-bond acceptors (Lipinski definition) is 5. The van der Waals surface area contributed by atoms with Crippen LogP contribution in [0, 0.1) is 45.7 Å². The minimum atomic E-state index is -1.23. The van der Waals surface area contributed by atoms with Gasteiger partial charge in [0.05, 0.1) is 17.8 Å². The molecule has 1 aliphatic heterocycles. The van der Waals surface area contributed by atoms with Crippen molar-refractivity contribution < 1.29 is 18.8 Å². The number of para-hydroxylation sites is 1. The number of nitriles is 2. The summed E-state index contributed by atoms with van der Waals surface area (Å²) in [6, 6.07) is 9.15. The van der Waals surface area contributed by atoms with Crippen LogP contribution < -0.4 is 5.32 Å². The first-order chi connectivity index (χ1) is 12.3. The molecule has 0 aliphatic carbocycles. The molecule has 26 heavy (non-hydrogen) atoms. The van der Waals surface area contributed by atoms with Gasteiger partial charge >= 0.3 is 0 Å². The summed E-state index contributed by atoms with van der Waals surface area (Å²) >= 11 is 0. The summed E-state index contributed by atoms with van der Waals surface area (Å²) < 4.78 is 13.6. The highest BCUT2D eigenvalue weighted by atomic mass is 19.1. The second kappa shape index (κ2) is 7.32. The van der Waals surface area contributed by atoms with Gasteiger partial charge in [0.2, 0.25) is 17.7 Å². The summed E-state index contributed by atoms with van der Waals surface area (Å²) in [5, 5.41) is 21.0. The van der Waals surface area contributed by atoms with E-state index in [4.69, 9.17) is 0 Å². The molecule has 1 aromatic carbocycles. The third-order valence-electron chi connectivity index (χ3n) is 4.81. The van der Waals surface area contributed by atoms with E-state index in [-0.39, 0.29) is 12.1 Å². The van der Waals surface area contributed by atoms with Crippen molar-refractivity contribution in [3.05, 3.63) is 30.1 Å². The topological polar surface area (TPSA) is 114 Å². The van der Waals surface area contributed by atoms with E-state index in [1.165, 1.54) is 18.2 Å². The Balaban J connectivity index is 2.26. The van der Waals surface area contributed by atoms with Gasteiger partial charge in [-0.2, -0.15) is 10.5 Å². The number of likely N-dealkylation sites (tertiary alicyclic amines) is 1. The molecule has 0 radical (unpaired) electrons. The SMILES string of the molecule is CCC1(C)C(C#N)C(=O)N(CC(=O)Nc2ccccc2F)C(=O)C1C#N. The maximum Gasteiger partial charge on any atom is 0.247 e. The summed E-state index contributed by atoms with van der Waals surface area (Å²) in [5.41, 5.74) is -1.22. The molecule has 1 aromatic rings. The van der Waals surface area contributed by atoms with Crippen LogP contribution in [0.1, 0.15) is 20.3 Å². The molecule has 3 amide bonds. The Morgan fingerprint density at radius 2 is 1.77 bits per heavy atom. The summed E-state index contributed by atoms with van der Waals surface area (Å²) in [6.07, 6.45) is 0.274. The number of amides is 3. The normalized spacial score (nSPS) is 25.3. The van der Waals surface area contributed by atoms with Crippen LogP contribution in [0.2, 0.25) is 0 Å². The third kappa shape index (κ3) is 3.14. The molecule has 2 rings (SSSR count). The van der Waals surface area contributed by atoms with Crippen LogP contribution >= 0.6 is 0 Å². The van der Waals surface area contributed by atoms with Gasteiger partial charge in [-0.1, -0.05) is 26.0 Å². The van der Waals surface area contributed by atoms with Crippen LogP contribution in [-0.4, -0.2) is 29.2 Å². The van der Waals surface area contributed by atoms with E-state index in [1.807, 2.05) is 12.1 Å². The molecule has 0 aromatic heterocycles. The molecule has 0 spiro atoms. The second-order valence-electron chi connectivity index (χ2n) is 6.27. The largest absolute Gasteiger partial charge is 0.322 e. The maximum absolute atomic E-state index is 13.6. The van der Waals surface area contributed by atoms with E-state index < -0.39 is 47.3 Å². The van der Waals surface area contributed by atoms with Crippen molar-refractivity contribution in [2.45, 2.75) is 20.3 Å². The number of nitrogens with one attached hydrogen (secondary N) is 1. The molecule has 1 aliphatic rings. The number of nitrogens with zero attached hydrogens (tertiary/aromatic N) is 3. The fourth-order valence-corrected chi connectivity index (χ4v) is 3.02. The van der Waals surface area contributed by atoms with Crippen molar-refractivity contribution in [3.8, 4) is 12.1 Å². The fraction of sp³-hybridized carbons (Fsp3) is 0.389. The molecule has 2 atom stereocenters. The van der Waals surface area contributed by atoms with Crippen LogP contribution in [0.4, 0.5) is 10.1 Å². The molecular formula is C18H17FN4O3. The van der Waals surface area contributed by atoms with Gasteiger partial charge in [0.1, 0.15) is 24.2 Å².